The summed E-state index contributed by atoms with van der Waals surface area (Å²) in [6, 6.07) is 8.85. The molecule has 0 atom stereocenters. The van der Waals surface area contributed by atoms with Crippen molar-refractivity contribution in [1.82, 2.24) is 9.88 Å². The van der Waals surface area contributed by atoms with E-state index in [9.17, 15) is 9.59 Å². The van der Waals surface area contributed by atoms with E-state index in [4.69, 9.17) is 0 Å². The number of nitrogens with one attached hydrogen (secondary N) is 1. The highest BCUT2D eigenvalue weighted by Crippen LogP contribution is 2.30. The Morgan fingerprint density at radius 3 is 2.54 bits per heavy atom. The van der Waals surface area contributed by atoms with E-state index in [1.165, 1.54) is 38.2 Å². The second-order valence-corrected chi connectivity index (χ2v) is 6.98. The molecule has 1 N–H and O–H groups in total. The predicted molar refractivity (Wildman–Crippen MR) is 97.3 cm³/mol. The average molecular weight is 326 g/mol. The monoisotopic (exact) mass is 326 g/mol. The summed E-state index contributed by atoms with van der Waals surface area (Å²) in [4.78, 5) is 24.8. The van der Waals surface area contributed by atoms with Crippen LogP contribution in [0.5, 0.6) is 0 Å². The molecule has 0 spiro atoms. The minimum absolute atomic E-state index is 0.0997. The van der Waals surface area contributed by atoms with Crippen LogP contribution in [0.4, 0.5) is 0 Å². The fourth-order valence-electron chi connectivity index (χ4n) is 3.79. The van der Waals surface area contributed by atoms with Crippen molar-refractivity contribution in [2.24, 2.45) is 18.9 Å². The van der Waals surface area contributed by atoms with Crippen molar-refractivity contribution >= 4 is 16.8 Å². The zero-order valence-electron chi connectivity index (χ0n) is 14.5. The number of rotatable bonds is 4. The molecule has 1 aliphatic carbocycles. The van der Waals surface area contributed by atoms with Crippen LogP contribution in [-0.4, -0.2) is 17.0 Å². The molecule has 0 aliphatic heterocycles. The van der Waals surface area contributed by atoms with E-state index < -0.39 is 0 Å². The maximum atomic E-state index is 12.6. The van der Waals surface area contributed by atoms with Crippen LogP contribution in [0.3, 0.4) is 0 Å². The fraction of sp³-hybridized carbons (Fsp3) is 0.500. The smallest absolute Gasteiger partial charge is 0.268 e. The van der Waals surface area contributed by atoms with Crippen molar-refractivity contribution in [2.75, 3.05) is 6.54 Å². The van der Waals surface area contributed by atoms with Gasteiger partial charge in [0.25, 0.3) is 5.91 Å². The van der Waals surface area contributed by atoms with Gasteiger partial charge in [0, 0.05) is 25.0 Å². The van der Waals surface area contributed by atoms with Gasteiger partial charge in [-0.2, -0.15) is 0 Å². The van der Waals surface area contributed by atoms with Crippen molar-refractivity contribution in [3.63, 3.8) is 0 Å². The summed E-state index contributed by atoms with van der Waals surface area (Å²) in [6.45, 7) is 2.96. The number of hydrogen-bond donors (Lipinski definition) is 1. The second kappa shape index (κ2) is 7.20. The predicted octanol–water partition coefficient (Wildman–Crippen LogP) is 3.48. The number of nitrogens with zero attached hydrogens (tertiary/aromatic N) is 1. The lowest BCUT2D eigenvalue weighted by Crippen LogP contribution is -2.33. The Kier molecular flexibility index (Phi) is 5.03. The van der Waals surface area contributed by atoms with Crippen LogP contribution in [-0.2, 0) is 7.05 Å². The molecule has 0 unspecified atom stereocenters. The van der Waals surface area contributed by atoms with E-state index in [0.29, 0.717) is 23.5 Å². The lowest BCUT2D eigenvalue weighted by Gasteiger charge is -2.27. The quantitative estimate of drug-likeness (QED) is 0.935. The Hall–Kier alpha value is -2.10. The highest BCUT2D eigenvalue weighted by molar-refractivity contribution is 5.95. The van der Waals surface area contributed by atoms with Gasteiger partial charge in [0.05, 0.1) is 5.52 Å². The van der Waals surface area contributed by atoms with Crippen molar-refractivity contribution in [3.05, 3.63) is 46.2 Å². The van der Waals surface area contributed by atoms with Crippen LogP contribution < -0.4 is 10.7 Å². The molecule has 0 bridgehead atoms. The highest BCUT2D eigenvalue weighted by Gasteiger charge is 2.21. The second-order valence-electron chi connectivity index (χ2n) is 6.98. The summed E-state index contributed by atoms with van der Waals surface area (Å²) in [6.07, 6.45) is 6.18. The lowest BCUT2D eigenvalue weighted by molar-refractivity contribution is 0.0932. The molecule has 128 valence electrons. The molecule has 1 fully saturated rings. The number of benzene rings is 1. The van der Waals surface area contributed by atoms with Crippen molar-refractivity contribution in [1.29, 1.82) is 0 Å². The van der Waals surface area contributed by atoms with E-state index in [1.807, 2.05) is 25.2 Å². The van der Waals surface area contributed by atoms with Gasteiger partial charge in [-0.15, -0.1) is 0 Å². The van der Waals surface area contributed by atoms with Gasteiger partial charge in [0.2, 0.25) is 0 Å². The molecular weight excluding hydrogens is 300 g/mol. The Morgan fingerprint density at radius 1 is 1.17 bits per heavy atom. The van der Waals surface area contributed by atoms with Gasteiger partial charge in [0.15, 0.2) is 5.43 Å². The molecule has 4 nitrogen and oxygen atoms in total. The Morgan fingerprint density at radius 2 is 1.83 bits per heavy atom. The number of hydrogen-bond acceptors (Lipinski definition) is 2. The first-order valence-corrected chi connectivity index (χ1v) is 8.97. The van der Waals surface area contributed by atoms with Crippen LogP contribution in [0.2, 0.25) is 0 Å². The summed E-state index contributed by atoms with van der Waals surface area (Å²) < 4.78 is 1.81. The van der Waals surface area contributed by atoms with Gasteiger partial charge >= 0.3 is 0 Å². The van der Waals surface area contributed by atoms with E-state index >= 15 is 0 Å². The fourth-order valence-corrected chi connectivity index (χ4v) is 3.79. The van der Waals surface area contributed by atoms with Crippen molar-refractivity contribution in [2.45, 2.75) is 39.0 Å². The number of aryl methyl sites for hydroxylation is 1. The van der Waals surface area contributed by atoms with Gasteiger partial charge in [0.1, 0.15) is 5.69 Å². The maximum Gasteiger partial charge on any atom is 0.268 e. The minimum Gasteiger partial charge on any atom is -0.350 e. The summed E-state index contributed by atoms with van der Waals surface area (Å²) in [5.74, 6) is 1.27. The molecule has 0 radical (unpaired) electrons. The number of pyridine rings is 1. The third-order valence-corrected chi connectivity index (χ3v) is 5.49. The third-order valence-electron chi connectivity index (χ3n) is 5.49. The number of carbonyl (C=O) groups excluding carboxylic acids is 1. The Bertz CT molecular complexity index is 786. The zero-order chi connectivity index (χ0) is 17.1. The third kappa shape index (κ3) is 3.37. The first-order valence-electron chi connectivity index (χ1n) is 8.97. The number of para-hydroxylation sites is 1. The summed E-state index contributed by atoms with van der Waals surface area (Å²) >= 11 is 0. The number of aromatic nitrogens is 1. The first kappa shape index (κ1) is 16.7. The first-order chi connectivity index (χ1) is 11.6. The topological polar surface area (TPSA) is 51.1 Å². The summed E-state index contributed by atoms with van der Waals surface area (Å²) in [5.41, 5.74) is 1.12. The molecule has 2 aromatic rings. The highest BCUT2D eigenvalue weighted by atomic mass is 16.2. The Labute approximate surface area is 142 Å². The zero-order valence-corrected chi connectivity index (χ0v) is 14.5. The van der Waals surface area contributed by atoms with E-state index in [0.717, 1.165) is 11.4 Å². The SMILES string of the molecule is CCC1CCC(CNC(=O)c2cc(=O)c3ccccc3n2C)CC1. The van der Waals surface area contributed by atoms with Gasteiger partial charge in [-0.25, -0.2) is 0 Å². The van der Waals surface area contributed by atoms with Gasteiger partial charge < -0.3 is 9.88 Å². The van der Waals surface area contributed by atoms with E-state index in [-0.39, 0.29) is 11.3 Å². The lowest BCUT2D eigenvalue weighted by atomic mass is 9.81. The van der Waals surface area contributed by atoms with E-state index in [1.54, 1.807) is 10.6 Å². The number of carbonyl (C=O) groups is 1. The standard InChI is InChI=1S/C20H26N2O2/c1-3-14-8-10-15(11-9-14)13-21-20(24)18-12-19(23)16-6-4-5-7-17(16)22(18)2/h4-7,12,14-15H,3,8-11,13H2,1-2H3,(H,21,24). The average Bonchev–Trinajstić information content (AvgIpc) is 2.63. The molecule has 1 heterocycles. The van der Waals surface area contributed by atoms with Gasteiger partial charge in [-0.1, -0.05) is 38.3 Å². The van der Waals surface area contributed by atoms with Crippen LogP contribution in [0.1, 0.15) is 49.5 Å². The largest absolute Gasteiger partial charge is 0.350 e. The Balaban J connectivity index is 1.71. The molecule has 4 heteroatoms. The van der Waals surface area contributed by atoms with Crippen LogP contribution in [0.15, 0.2) is 35.1 Å². The maximum absolute atomic E-state index is 12.6. The molecule has 1 saturated carbocycles. The van der Waals surface area contributed by atoms with Gasteiger partial charge in [-0.05, 0) is 36.8 Å². The summed E-state index contributed by atoms with van der Waals surface area (Å²) in [7, 11) is 1.84. The van der Waals surface area contributed by atoms with Crippen LogP contribution >= 0.6 is 0 Å². The van der Waals surface area contributed by atoms with Crippen molar-refractivity contribution in [3.8, 4) is 0 Å². The van der Waals surface area contributed by atoms with Crippen molar-refractivity contribution < 1.29 is 4.79 Å². The molecule has 3 rings (SSSR count). The molecule has 1 amide bonds. The molecule has 1 aliphatic rings. The molecule has 24 heavy (non-hydrogen) atoms. The van der Waals surface area contributed by atoms with E-state index in [2.05, 4.69) is 12.2 Å². The van der Waals surface area contributed by atoms with Crippen LogP contribution in [0, 0.1) is 11.8 Å². The molecule has 1 aromatic heterocycles. The molecule has 1 aromatic carbocycles. The molecule has 0 saturated heterocycles. The number of amides is 1. The summed E-state index contributed by atoms with van der Waals surface area (Å²) in [5, 5.41) is 3.68. The van der Waals surface area contributed by atoms with Crippen LogP contribution in [0.25, 0.3) is 10.9 Å². The minimum atomic E-state index is -0.155. The van der Waals surface area contributed by atoms with Gasteiger partial charge in [-0.3, -0.25) is 9.59 Å². The number of fused-ring (bicyclic) bond motifs is 1. The molecular formula is C20H26N2O2. The normalized spacial score (nSPS) is 20.9.